The summed E-state index contributed by atoms with van der Waals surface area (Å²) in [5, 5.41) is 0. The minimum Gasteiger partial charge on any atom is 0 e. The molecule has 0 aliphatic carbocycles. The molecule has 0 aliphatic rings. The molecule has 2 radical (unpaired) electrons. The maximum Gasteiger partial charge on any atom is 0 e. The molecule has 0 spiro atoms. The fraction of sp³-hybridized carbons (Fsp3) is 0. The van der Waals surface area contributed by atoms with Gasteiger partial charge in [0.1, 0.15) is 0 Å². The van der Waals surface area contributed by atoms with Crippen molar-refractivity contribution in [3.8, 4) is 0 Å². The van der Waals surface area contributed by atoms with Gasteiger partial charge in [-0.25, -0.2) is 0 Å². The molecule has 32 valence electrons. The van der Waals surface area contributed by atoms with Crippen LogP contribution >= 0.6 is 0 Å². The first kappa shape index (κ1) is 54.4. The average molecular weight is 563 g/mol. The Bertz CT molecular complexity index is 30.1. The molecule has 0 saturated heterocycles. The summed E-state index contributed by atoms with van der Waals surface area (Å²) >= 11 is 0. The van der Waals surface area contributed by atoms with Crippen molar-refractivity contribution in [2.24, 2.45) is 0 Å². The van der Waals surface area contributed by atoms with Crippen molar-refractivity contribution in [2.75, 3.05) is 0 Å². The van der Waals surface area contributed by atoms with Gasteiger partial charge in [-0.1, -0.05) is 0 Å². The minimum atomic E-state index is 0. The summed E-state index contributed by atoms with van der Waals surface area (Å²) in [4.78, 5) is 0. The quantitative estimate of drug-likeness (QED) is 0.324. The monoisotopic (exact) mass is 564 g/mol. The third kappa shape index (κ3) is 34.2. The predicted molar refractivity (Wildman–Crippen MR) is 24.5 cm³/mol. The molecule has 0 aromatic rings. The van der Waals surface area contributed by atoms with Gasteiger partial charge < -0.3 is 5.71 Å². The van der Waals surface area contributed by atoms with Crippen molar-refractivity contribution in [1.29, 1.82) is 0 Å². The van der Waals surface area contributed by atoms with Crippen LogP contribution in [0.25, 0.3) is 0 Å². The van der Waals surface area contributed by atoms with Crippen LogP contribution in [0, 0.1) is 0 Å². The molecule has 0 rings (SSSR count). The molecule has 0 unspecified atom stereocenters. The molecule has 0 nitrogen and oxygen atoms in total. The Hall–Kier alpha value is 5.55. The minimum absolute atomic E-state index is 0. The Morgan fingerprint density at radius 3 is 1.14 bits per heavy atom. The van der Waals surface area contributed by atoms with E-state index in [2.05, 4.69) is 0 Å². The second kappa shape index (κ2) is 41.8. The van der Waals surface area contributed by atoms with Crippen LogP contribution in [-0.4, -0.2) is 88.1 Å². The SMILES string of the molecule is [Ca+2].[Cd].[Cr].[Fe].[H-].[H-].[H-].[H-].[Mg+2].[PbH2].[Zn]. The Labute approximate surface area is 171 Å². The molecule has 0 aliphatic heterocycles. The molecule has 0 amide bonds. The molecule has 0 atom stereocenters. The Balaban J connectivity index is 0. The zero-order valence-corrected chi connectivity index (χ0v) is 22.8. The second-order valence-corrected chi connectivity index (χ2v) is 0. The molecule has 7 heteroatoms. The van der Waals surface area contributed by atoms with E-state index in [1.165, 1.54) is 0 Å². The summed E-state index contributed by atoms with van der Waals surface area (Å²) in [7, 11) is 0. The fourth-order valence-corrected chi connectivity index (χ4v) is 0. The summed E-state index contributed by atoms with van der Waals surface area (Å²) in [5.41, 5.74) is 0. The third-order valence-corrected chi connectivity index (χ3v) is 0. The summed E-state index contributed by atoms with van der Waals surface area (Å²) in [5.74, 6) is 0. The molecule has 7 heavy (non-hydrogen) atoms. The van der Waals surface area contributed by atoms with Crippen LogP contribution in [-0.2, 0) is 81.2 Å². The molecular weight excluding hydrogens is 557 g/mol. The standard InChI is InChI=1S/Ca.Cd.Cr.Fe.Mg.Pb.Zn.6H/q+2;;;;+2;;;;;4*-1. The zero-order valence-electron chi connectivity index (χ0n) is 8.30. The molecule has 0 heterocycles. The van der Waals surface area contributed by atoms with E-state index in [-0.39, 0.29) is 175 Å². The van der Waals surface area contributed by atoms with Crippen LogP contribution in [0.15, 0.2) is 0 Å². The molecule has 0 fully saturated rings. The van der Waals surface area contributed by atoms with Gasteiger partial charge in [0.2, 0.25) is 0 Å². The van der Waals surface area contributed by atoms with E-state index in [0.29, 0.717) is 0 Å². The molecule has 0 bridgehead atoms. The van der Waals surface area contributed by atoms with Gasteiger partial charge in [-0.2, -0.15) is 0 Å². The topological polar surface area (TPSA) is 0 Å². The molecule has 0 saturated carbocycles. The Kier molecular flexibility index (Phi) is 324. The number of hydrogen-bond acceptors (Lipinski definition) is 0. The van der Waals surface area contributed by atoms with Gasteiger partial charge in [-0.15, -0.1) is 0 Å². The maximum absolute atomic E-state index is 0. The van der Waals surface area contributed by atoms with Crippen LogP contribution < -0.4 is 0 Å². The van der Waals surface area contributed by atoms with Crippen molar-refractivity contribution in [1.82, 2.24) is 0 Å². The van der Waals surface area contributed by atoms with E-state index in [9.17, 15) is 0 Å². The van der Waals surface area contributed by atoms with Crippen LogP contribution in [0.4, 0.5) is 0 Å². The first-order chi connectivity index (χ1) is 0. The second-order valence-electron chi connectivity index (χ2n) is 0. The third-order valence-electron chi connectivity index (χ3n) is 0. The van der Waals surface area contributed by atoms with Crippen molar-refractivity contribution in [3.63, 3.8) is 0 Å². The van der Waals surface area contributed by atoms with E-state index >= 15 is 0 Å². The van der Waals surface area contributed by atoms with Crippen molar-refractivity contribution < 1.29 is 86.9 Å². The van der Waals surface area contributed by atoms with Crippen molar-refractivity contribution in [3.05, 3.63) is 0 Å². The van der Waals surface area contributed by atoms with E-state index < -0.39 is 0 Å². The largest absolute Gasteiger partial charge is 0 e. The summed E-state index contributed by atoms with van der Waals surface area (Å²) < 4.78 is 0. The Morgan fingerprint density at radius 1 is 1.14 bits per heavy atom. The number of hydrogen-bond donors (Lipinski definition) is 0. The van der Waals surface area contributed by atoms with E-state index in [0.717, 1.165) is 0 Å². The molecule has 0 aromatic heterocycles. The zero-order chi connectivity index (χ0) is 0. The van der Waals surface area contributed by atoms with Gasteiger partial charge in [0.25, 0.3) is 0 Å². The van der Waals surface area contributed by atoms with E-state index in [1.807, 2.05) is 0 Å². The summed E-state index contributed by atoms with van der Waals surface area (Å²) in [6, 6.07) is 0. The van der Waals surface area contributed by atoms with E-state index in [1.54, 1.807) is 0 Å². The van der Waals surface area contributed by atoms with Crippen molar-refractivity contribution in [2.45, 2.75) is 0 Å². The van der Waals surface area contributed by atoms with Crippen LogP contribution in [0.3, 0.4) is 0 Å². The van der Waals surface area contributed by atoms with Gasteiger partial charge >= 0.3 is 88.1 Å². The van der Waals surface area contributed by atoms with Crippen LogP contribution in [0.5, 0.6) is 0 Å². The van der Waals surface area contributed by atoms with Gasteiger partial charge in [-0.3, -0.25) is 0 Å². The van der Waals surface area contributed by atoms with E-state index in [4.69, 9.17) is 0 Å². The van der Waals surface area contributed by atoms with Gasteiger partial charge in [0, 0.05) is 81.2 Å². The molecule has 0 aromatic carbocycles. The van der Waals surface area contributed by atoms with Crippen LogP contribution in [0.1, 0.15) is 5.71 Å². The first-order valence-electron chi connectivity index (χ1n) is 0. The predicted octanol–water partition coefficient (Wildman–Crippen LogP) is -1.24. The van der Waals surface area contributed by atoms with Gasteiger partial charge in [0.15, 0.2) is 0 Å². The average Bonchev–Trinajstić information content (AvgIpc) is 0. The molecular formula is H6CaCdCrFeMgPbZn. The summed E-state index contributed by atoms with van der Waals surface area (Å²) in [6.07, 6.45) is 0. The smallest absolute Gasteiger partial charge is 0 e. The number of rotatable bonds is 0. The van der Waals surface area contributed by atoms with Crippen LogP contribution in [0.2, 0.25) is 0 Å². The van der Waals surface area contributed by atoms with Gasteiger partial charge in [-0.05, 0) is 0 Å². The normalized spacial score (nSPS) is 0. The molecule has 0 N–H and O–H groups in total. The van der Waals surface area contributed by atoms with Crippen molar-refractivity contribution >= 4 is 88.1 Å². The Morgan fingerprint density at radius 2 is 1.14 bits per heavy atom. The van der Waals surface area contributed by atoms with Gasteiger partial charge in [0.05, 0.1) is 0 Å². The first-order valence-corrected chi connectivity index (χ1v) is 0. The summed E-state index contributed by atoms with van der Waals surface area (Å²) in [6.45, 7) is 0. The fourth-order valence-electron chi connectivity index (χ4n) is 0. The maximum atomic E-state index is 0.